The number of aryl methyl sites for hydroxylation is 1. The molecule has 9 heteroatoms. The van der Waals surface area contributed by atoms with Gasteiger partial charge in [-0.05, 0) is 19.1 Å². The molecule has 0 aliphatic carbocycles. The quantitative estimate of drug-likeness (QED) is 0.450. The highest BCUT2D eigenvalue weighted by molar-refractivity contribution is 7.99. The lowest BCUT2D eigenvalue weighted by atomic mass is 10.1. The maximum Gasteiger partial charge on any atom is 0.316 e. The van der Waals surface area contributed by atoms with Crippen molar-refractivity contribution >= 4 is 46.0 Å². The molecule has 0 unspecified atom stereocenters. The summed E-state index contributed by atoms with van der Waals surface area (Å²) in [7, 11) is 0. The molecule has 7 nitrogen and oxygen atoms in total. The van der Waals surface area contributed by atoms with Crippen LogP contribution in [-0.4, -0.2) is 34.1 Å². The number of carbonyl (C=O) groups excluding carboxylic acids is 2. The number of thioether (sulfide) groups is 1. The second-order valence-corrected chi connectivity index (χ2v) is 7.07. The van der Waals surface area contributed by atoms with Gasteiger partial charge >= 0.3 is 5.97 Å². The summed E-state index contributed by atoms with van der Waals surface area (Å²) in [5, 5.41) is 11.7. The molecule has 0 aliphatic heterocycles. The number of hydrogen-bond donors (Lipinski definition) is 0. The van der Waals surface area contributed by atoms with Crippen molar-refractivity contribution in [1.82, 2.24) is 9.97 Å². The zero-order chi connectivity index (χ0) is 18.5. The first-order chi connectivity index (χ1) is 12.6. The van der Waals surface area contributed by atoms with Gasteiger partial charge in [-0.15, -0.1) is 11.3 Å². The number of ketones is 1. The third-order valence-electron chi connectivity index (χ3n) is 3.30. The smallest absolute Gasteiger partial charge is 0.316 e. The van der Waals surface area contributed by atoms with Crippen LogP contribution in [0.15, 0.2) is 39.3 Å². The molecule has 3 rings (SSSR count). The zero-order valence-corrected chi connectivity index (χ0v) is 15.3. The standard InChI is InChI=1S/C17H13N3O4S2/c1-10-8-25-16(19-10)11(6-18)13(21)7-23-15(22)9-26-17-20-12-4-2-3-5-14(12)24-17/h2-5,8,11H,7,9H2,1H3/t11-/m1/s1. The number of para-hydroxylation sites is 2. The van der Waals surface area contributed by atoms with Gasteiger partial charge in [-0.2, -0.15) is 5.26 Å². The summed E-state index contributed by atoms with van der Waals surface area (Å²) in [5.74, 6) is -2.15. The highest BCUT2D eigenvalue weighted by Gasteiger charge is 2.24. The van der Waals surface area contributed by atoms with Gasteiger partial charge in [-0.25, -0.2) is 9.97 Å². The van der Waals surface area contributed by atoms with E-state index in [1.165, 1.54) is 11.3 Å². The molecule has 26 heavy (non-hydrogen) atoms. The highest BCUT2D eigenvalue weighted by atomic mass is 32.2. The fraction of sp³-hybridized carbons (Fsp3) is 0.235. The molecule has 0 radical (unpaired) electrons. The summed E-state index contributed by atoms with van der Waals surface area (Å²) in [5.41, 5.74) is 2.08. The van der Waals surface area contributed by atoms with Gasteiger partial charge in [-0.3, -0.25) is 9.59 Å². The maximum absolute atomic E-state index is 12.1. The van der Waals surface area contributed by atoms with Crippen LogP contribution in [0.25, 0.3) is 11.1 Å². The number of aromatic nitrogens is 2. The van der Waals surface area contributed by atoms with E-state index in [1.54, 1.807) is 18.4 Å². The van der Waals surface area contributed by atoms with E-state index in [0.29, 0.717) is 21.3 Å². The first-order valence-electron chi connectivity index (χ1n) is 7.55. The number of rotatable bonds is 7. The molecular weight excluding hydrogens is 374 g/mol. The molecule has 3 aromatic rings. The number of esters is 1. The van der Waals surface area contributed by atoms with Crippen LogP contribution in [-0.2, 0) is 14.3 Å². The molecule has 0 spiro atoms. The average Bonchev–Trinajstić information content (AvgIpc) is 3.24. The Morgan fingerprint density at radius 3 is 2.88 bits per heavy atom. The van der Waals surface area contributed by atoms with Crippen molar-refractivity contribution < 1.29 is 18.7 Å². The second-order valence-electron chi connectivity index (χ2n) is 5.25. The van der Waals surface area contributed by atoms with E-state index in [4.69, 9.17) is 9.15 Å². The Morgan fingerprint density at radius 2 is 2.19 bits per heavy atom. The van der Waals surface area contributed by atoms with Crippen molar-refractivity contribution in [2.75, 3.05) is 12.4 Å². The normalized spacial score (nSPS) is 11.8. The molecule has 0 aliphatic rings. The number of ether oxygens (including phenoxy) is 1. The fourth-order valence-electron chi connectivity index (χ4n) is 2.08. The minimum absolute atomic E-state index is 0.0479. The lowest BCUT2D eigenvalue weighted by molar-refractivity contribution is -0.145. The highest BCUT2D eigenvalue weighted by Crippen LogP contribution is 2.23. The Balaban J connectivity index is 1.50. The molecule has 132 valence electrons. The van der Waals surface area contributed by atoms with E-state index < -0.39 is 24.3 Å². The van der Waals surface area contributed by atoms with Gasteiger partial charge in [0.05, 0.1) is 6.07 Å². The third-order valence-corrected chi connectivity index (χ3v) is 5.13. The summed E-state index contributed by atoms with van der Waals surface area (Å²) in [6.45, 7) is 1.31. The van der Waals surface area contributed by atoms with Gasteiger partial charge in [0.2, 0.25) is 0 Å². The monoisotopic (exact) mass is 387 g/mol. The van der Waals surface area contributed by atoms with E-state index in [-0.39, 0.29) is 5.75 Å². The SMILES string of the molecule is Cc1csc([C@H](C#N)C(=O)COC(=O)CSc2nc3ccccc3o2)n1. The molecule has 2 heterocycles. The first-order valence-corrected chi connectivity index (χ1v) is 9.41. The number of oxazole rings is 1. The van der Waals surface area contributed by atoms with Crippen LogP contribution in [0.3, 0.4) is 0 Å². The van der Waals surface area contributed by atoms with E-state index in [2.05, 4.69) is 9.97 Å². The van der Waals surface area contributed by atoms with Gasteiger partial charge in [0, 0.05) is 11.1 Å². The topological polar surface area (TPSA) is 106 Å². The van der Waals surface area contributed by atoms with Gasteiger partial charge in [0.1, 0.15) is 16.3 Å². The number of nitrogens with zero attached hydrogens (tertiary/aromatic N) is 3. The lowest BCUT2D eigenvalue weighted by Gasteiger charge is -2.06. The van der Waals surface area contributed by atoms with Gasteiger partial charge in [-0.1, -0.05) is 23.9 Å². The van der Waals surface area contributed by atoms with Crippen molar-refractivity contribution in [1.29, 1.82) is 5.26 Å². The summed E-state index contributed by atoms with van der Waals surface area (Å²) in [6.07, 6.45) is 0. The van der Waals surface area contributed by atoms with Gasteiger partial charge in [0.15, 0.2) is 23.9 Å². The number of hydrogen-bond acceptors (Lipinski definition) is 9. The minimum Gasteiger partial charge on any atom is -0.457 e. The predicted molar refractivity (Wildman–Crippen MR) is 95.9 cm³/mol. The maximum atomic E-state index is 12.1. The van der Waals surface area contributed by atoms with Crippen molar-refractivity contribution in [2.24, 2.45) is 0 Å². The summed E-state index contributed by atoms with van der Waals surface area (Å²) in [4.78, 5) is 32.3. The molecule has 0 N–H and O–H groups in total. The van der Waals surface area contributed by atoms with Crippen LogP contribution < -0.4 is 0 Å². The number of thiazole rings is 1. The van der Waals surface area contributed by atoms with E-state index in [1.807, 2.05) is 24.3 Å². The van der Waals surface area contributed by atoms with Crippen molar-refractivity contribution in [3.05, 3.63) is 40.3 Å². The average molecular weight is 387 g/mol. The number of Topliss-reactive ketones (excluding diaryl/α,β-unsaturated/α-hetero) is 1. The number of carbonyl (C=O) groups is 2. The largest absolute Gasteiger partial charge is 0.457 e. The van der Waals surface area contributed by atoms with Crippen LogP contribution in [0, 0.1) is 18.3 Å². The molecule has 1 atom stereocenters. The summed E-state index contributed by atoms with van der Waals surface area (Å²) >= 11 is 2.32. The zero-order valence-electron chi connectivity index (χ0n) is 13.7. The second kappa shape index (κ2) is 8.12. The Kier molecular flexibility index (Phi) is 5.65. The van der Waals surface area contributed by atoms with Crippen LogP contribution in [0.4, 0.5) is 0 Å². The molecular formula is C17H13N3O4S2. The molecule has 1 aromatic carbocycles. The molecule has 0 saturated heterocycles. The predicted octanol–water partition coefficient (Wildman–Crippen LogP) is 3.10. The Morgan fingerprint density at radius 1 is 1.38 bits per heavy atom. The Labute approximate surface area is 157 Å². The fourth-order valence-corrected chi connectivity index (χ4v) is 3.58. The summed E-state index contributed by atoms with van der Waals surface area (Å²) in [6, 6.07) is 9.17. The van der Waals surface area contributed by atoms with Crippen LogP contribution in [0.2, 0.25) is 0 Å². The minimum atomic E-state index is -1.02. The lowest BCUT2D eigenvalue weighted by Crippen LogP contribution is -2.20. The van der Waals surface area contributed by atoms with Crippen LogP contribution >= 0.6 is 23.1 Å². The Hall–Kier alpha value is -2.70. The summed E-state index contributed by atoms with van der Waals surface area (Å²) < 4.78 is 10.4. The van der Waals surface area contributed by atoms with Crippen LogP contribution in [0.5, 0.6) is 0 Å². The van der Waals surface area contributed by atoms with Crippen molar-refractivity contribution in [3.8, 4) is 6.07 Å². The van der Waals surface area contributed by atoms with Crippen molar-refractivity contribution in [2.45, 2.75) is 18.1 Å². The van der Waals surface area contributed by atoms with Gasteiger partial charge < -0.3 is 9.15 Å². The third kappa shape index (κ3) is 4.28. The van der Waals surface area contributed by atoms with Crippen molar-refractivity contribution in [3.63, 3.8) is 0 Å². The molecule has 2 aromatic heterocycles. The number of nitriles is 1. The molecule has 0 saturated carbocycles. The van der Waals surface area contributed by atoms with E-state index in [9.17, 15) is 14.9 Å². The molecule has 0 amide bonds. The number of benzene rings is 1. The number of fused-ring (bicyclic) bond motifs is 1. The first kappa shape index (κ1) is 18.1. The molecule has 0 bridgehead atoms. The van der Waals surface area contributed by atoms with E-state index >= 15 is 0 Å². The van der Waals surface area contributed by atoms with E-state index in [0.717, 1.165) is 17.5 Å². The van der Waals surface area contributed by atoms with Crippen LogP contribution in [0.1, 0.15) is 16.6 Å². The Bertz CT molecular complexity index is 956. The van der Waals surface area contributed by atoms with Gasteiger partial charge in [0.25, 0.3) is 5.22 Å². The molecule has 0 fully saturated rings.